The van der Waals surface area contributed by atoms with Crippen LogP contribution in [-0.2, 0) is 33.4 Å². The van der Waals surface area contributed by atoms with E-state index in [0.29, 0.717) is 43.3 Å². The first-order valence-corrected chi connectivity index (χ1v) is 14.4. The summed E-state index contributed by atoms with van der Waals surface area (Å²) in [6.07, 6.45) is 2.08. The molecule has 1 spiro atoms. The highest BCUT2D eigenvalue weighted by atomic mass is 16.6. The molecule has 1 saturated carbocycles. The van der Waals surface area contributed by atoms with Gasteiger partial charge in [0.1, 0.15) is 18.3 Å². The third-order valence-corrected chi connectivity index (χ3v) is 11.6. The molecule has 7 rings (SSSR count). The number of fused-ring (bicyclic) bond motifs is 11. The van der Waals surface area contributed by atoms with Gasteiger partial charge in [0.05, 0.1) is 16.9 Å². The lowest BCUT2D eigenvalue weighted by atomic mass is 9.52. The maximum atomic E-state index is 14.4. The highest BCUT2D eigenvalue weighted by Crippen LogP contribution is 2.76. The van der Waals surface area contributed by atoms with Crippen molar-refractivity contribution in [3.05, 3.63) is 46.1 Å². The van der Waals surface area contributed by atoms with Crippen LogP contribution in [0.4, 0.5) is 0 Å². The standard InChI is InChI=1S/C32H36O8/c1-13-9-19(34)21-14(2)10-20(38-16(4)33)24-27(22(13)21)40-29(36)32(24)12-17-11-30(32,5)25-23(17)31(6,37)8-7-18-15(3)28(35)39-26(18)25/h9,17-18,20,22,24,26-27,37H,3,7-8,10-12H2,1-2,4-6H3/t17-,18-,20-,22-,24+,26-,27+,30+,31+,32+/m0/s1. The van der Waals surface area contributed by atoms with Gasteiger partial charge < -0.3 is 19.3 Å². The zero-order valence-electron chi connectivity index (χ0n) is 23.7. The molecule has 2 aliphatic heterocycles. The minimum Gasteiger partial charge on any atom is -0.462 e. The number of carbonyl (C=O) groups is 4. The number of aliphatic hydroxyl groups is 1. The highest BCUT2D eigenvalue weighted by Gasteiger charge is 2.78. The molecule has 1 N–H and O–H groups in total. The van der Waals surface area contributed by atoms with Crippen LogP contribution in [0.15, 0.2) is 46.1 Å². The Morgan fingerprint density at radius 3 is 2.55 bits per heavy atom. The van der Waals surface area contributed by atoms with Gasteiger partial charge in [-0.05, 0) is 69.6 Å². The van der Waals surface area contributed by atoms with Crippen LogP contribution < -0.4 is 0 Å². The fourth-order valence-corrected chi connectivity index (χ4v) is 10.3. The van der Waals surface area contributed by atoms with E-state index in [1.165, 1.54) is 6.92 Å². The fourth-order valence-electron chi connectivity index (χ4n) is 10.3. The molecule has 0 radical (unpaired) electrons. The quantitative estimate of drug-likeness (QED) is 0.228. The van der Waals surface area contributed by atoms with E-state index >= 15 is 0 Å². The molecule has 2 bridgehead atoms. The van der Waals surface area contributed by atoms with E-state index in [0.717, 1.165) is 22.3 Å². The van der Waals surface area contributed by atoms with Gasteiger partial charge in [0.15, 0.2) is 5.78 Å². The first kappa shape index (κ1) is 25.9. The second kappa shape index (κ2) is 7.84. The number of ether oxygens (including phenoxy) is 3. The van der Waals surface area contributed by atoms with Crippen molar-refractivity contribution >= 4 is 23.7 Å². The molecule has 8 nitrogen and oxygen atoms in total. The Labute approximate surface area is 233 Å². The molecule has 10 atom stereocenters. The average Bonchev–Trinajstić information content (AvgIpc) is 3.54. The van der Waals surface area contributed by atoms with Crippen LogP contribution in [-0.4, -0.2) is 52.7 Å². The van der Waals surface area contributed by atoms with E-state index in [1.807, 2.05) is 27.7 Å². The fraction of sp³-hybridized carbons (Fsp3) is 0.625. The molecule has 3 fully saturated rings. The van der Waals surface area contributed by atoms with Crippen molar-refractivity contribution in [3.8, 4) is 0 Å². The summed E-state index contributed by atoms with van der Waals surface area (Å²) in [7, 11) is 0. The average molecular weight is 549 g/mol. The number of allylic oxidation sites excluding steroid dienone is 1. The van der Waals surface area contributed by atoms with Crippen molar-refractivity contribution in [3.63, 3.8) is 0 Å². The molecule has 8 heteroatoms. The molecule has 0 aromatic rings. The van der Waals surface area contributed by atoms with E-state index in [9.17, 15) is 24.3 Å². The van der Waals surface area contributed by atoms with Crippen LogP contribution in [0.1, 0.15) is 66.7 Å². The van der Waals surface area contributed by atoms with Gasteiger partial charge >= 0.3 is 17.9 Å². The minimum absolute atomic E-state index is 0.0811. The molecule has 0 aromatic heterocycles. The summed E-state index contributed by atoms with van der Waals surface area (Å²) in [5.74, 6) is -2.64. The molecule has 0 amide bonds. The number of hydrogen-bond donors (Lipinski definition) is 1. The van der Waals surface area contributed by atoms with Crippen LogP contribution in [0.25, 0.3) is 0 Å². The van der Waals surface area contributed by atoms with Gasteiger partial charge in [-0.15, -0.1) is 0 Å². The largest absolute Gasteiger partial charge is 0.462 e. The predicted octanol–water partition coefficient (Wildman–Crippen LogP) is 3.68. The predicted molar refractivity (Wildman–Crippen MR) is 141 cm³/mol. The lowest BCUT2D eigenvalue weighted by molar-refractivity contribution is -0.159. The number of hydrogen-bond acceptors (Lipinski definition) is 8. The van der Waals surface area contributed by atoms with Crippen LogP contribution >= 0.6 is 0 Å². The third kappa shape index (κ3) is 2.91. The smallest absolute Gasteiger partial charge is 0.334 e. The molecular weight excluding hydrogens is 512 g/mol. The second-order valence-electron chi connectivity index (χ2n) is 13.7. The first-order chi connectivity index (χ1) is 18.7. The molecule has 7 aliphatic rings. The Balaban J connectivity index is 1.44. The summed E-state index contributed by atoms with van der Waals surface area (Å²) in [5, 5.41) is 11.8. The normalized spacial score (nSPS) is 47.0. The Kier molecular flexibility index (Phi) is 5.08. The molecule has 5 aliphatic carbocycles. The molecule has 40 heavy (non-hydrogen) atoms. The first-order valence-electron chi connectivity index (χ1n) is 14.4. The van der Waals surface area contributed by atoms with Gasteiger partial charge in [-0.3, -0.25) is 14.4 Å². The number of esters is 3. The summed E-state index contributed by atoms with van der Waals surface area (Å²) >= 11 is 0. The third-order valence-electron chi connectivity index (χ3n) is 11.6. The summed E-state index contributed by atoms with van der Waals surface area (Å²) in [4.78, 5) is 52.7. The topological polar surface area (TPSA) is 116 Å². The van der Waals surface area contributed by atoms with Crippen molar-refractivity contribution in [2.45, 2.75) is 90.6 Å². The Bertz CT molecular complexity index is 1430. The Hall–Kier alpha value is -3.00. The van der Waals surface area contributed by atoms with Crippen molar-refractivity contribution < 1.29 is 38.5 Å². The summed E-state index contributed by atoms with van der Waals surface area (Å²) in [6, 6.07) is 0. The maximum Gasteiger partial charge on any atom is 0.334 e. The van der Waals surface area contributed by atoms with Gasteiger partial charge in [0.25, 0.3) is 0 Å². The zero-order valence-corrected chi connectivity index (χ0v) is 23.7. The summed E-state index contributed by atoms with van der Waals surface area (Å²) < 4.78 is 18.3. The van der Waals surface area contributed by atoms with E-state index in [-0.39, 0.29) is 23.6 Å². The maximum absolute atomic E-state index is 14.4. The van der Waals surface area contributed by atoms with Gasteiger partial charge in [0.2, 0.25) is 0 Å². The van der Waals surface area contributed by atoms with Crippen LogP contribution in [0.5, 0.6) is 0 Å². The Morgan fingerprint density at radius 2 is 1.85 bits per heavy atom. The van der Waals surface area contributed by atoms with E-state index in [2.05, 4.69) is 6.58 Å². The van der Waals surface area contributed by atoms with Crippen molar-refractivity contribution in [1.29, 1.82) is 0 Å². The lowest BCUT2D eigenvalue weighted by Gasteiger charge is -2.49. The van der Waals surface area contributed by atoms with E-state index in [4.69, 9.17) is 14.2 Å². The molecule has 212 valence electrons. The molecule has 2 saturated heterocycles. The van der Waals surface area contributed by atoms with Gasteiger partial charge in [-0.2, -0.15) is 0 Å². The van der Waals surface area contributed by atoms with Gasteiger partial charge in [-0.25, -0.2) is 4.79 Å². The number of ketones is 1. The second-order valence-corrected chi connectivity index (χ2v) is 13.7. The summed E-state index contributed by atoms with van der Waals surface area (Å²) in [6.45, 7) is 13.1. The highest BCUT2D eigenvalue weighted by molar-refractivity contribution is 6.09. The lowest BCUT2D eigenvalue weighted by Crippen LogP contribution is -2.54. The van der Waals surface area contributed by atoms with Crippen LogP contribution in [0, 0.1) is 34.5 Å². The van der Waals surface area contributed by atoms with Crippen LogP contribution in [0.2, 0.25) is 0 Å². The monoisotopic (exact) mass is 548 g/mol. The van der Waals surface area contributed by atoms with E-state index < -0.39 is 58.5 Å². The number of carbonyl (C=O) groups excluding carboxylic acids is 4. The van der Waals surface area contributed by atoms with E-state index in [1.54, 1.807) is 6.08 Å². The van der Waals surface area contributed by atoms with Gasteiger partial charge in [0, 0.05) is 41.7 Å². The zero-order chi connectivity index (χ0) is 28.7. The van der Waals surface area contributed by atoms with Crippen molar-refractivity contribution in [2.24, 2.45) is 34.5 Å². The van der Waals surface area contributed by atoms with Crippen molar-refractivity contribution in [1.82, 2.24) is 0 Å². The summed E-state index contributed by atoms with van der Waals surface area (Å²) in [5.41, 5.74) is 1.43. The number of rotatable bonds is 1. The molecule has 2 heterocycles. The van der Waals surface area contributed by atoms with Crippen molar-refractivity contribution in [2.75, 3.05) is 0 Å². The minimum atomic E-state index is -1.11. The SMILES string of the molecule is C=C1C(=O)O[C@@H]2C3=C([C@@H]4C[C@@]5(C(=O)O[C@@H]6[C@H]7C(C)=CC(=O)C7=C(C)C[C@H](OC(C)=O)[C@H]65)[C@]3(C)C4)[C@](C)(O)CC[C@@H]12. The Morgan fingerprint density at radius 1 is 1.12 bits per heavy atom. The van der Waals surface area contributed by atoms with Gasteiger partial charge in [-0.1, -0.05) is 24.6 Å². The molecule has 0 aromatic carbocycles. The van der Waals surface area contributed by atoms with Crippen LogP contribution in [0.3, 0.4) is 0 Å². The molecule has 0 unspecified atom stereocenters. The molecular formula is C32H36O8.